The summed E-state index contributed by atoms with van der Waals surface area (Å²) in [7, 11) is 4.11. The van der Waals surface area contributed by atoms with Gasteiger partial charge in [0, 0.05) is 13.1 Å². The number of nitrogens with one attached hydrogen (secondary N) is 2. The molecule has 1 unspecified atom stereocenters. The first-order valence-corrected chi connectivity index (χ1v) is 6.98. The molecule has 2 N–H and O–H groups in total. The van der Waals surface area contributed by atoms with E-state index in [1.807, 2.05) is 19.1 Å². The zero-order valence-electron chi connectivity index (χ0n) is 13.2. The van der Waals surface area contributed by atoms with E-state index in [0.717, 1.165) is 18.8 Å². The maximum atomic E-state index is 12.0. The minimum absolute atomic E-state index is 0.0120. The van der Waals surface area contributed by atoms with Gasteiger partial charge in [0.05, 0.1) is 18.8 Å². The van der Waals surface area contributed by atoms with Crippen molar-refractivity contribution in [1.82, 2.24) is 15.5 Å². The lowest BCUT2D eigenvalue weighted by molar-refractivity contribution is -0.123. The van der Waals surface area contributed by atoms with Crippen LogP contribution in [0.1, 0.15) is 26.5 Å². The molecule has 0 aliphatic rings. The zero-order chi connectivity index (χ0) is 15.2. The smallest absolute Gasteiger partial charge is 0.237 e. The van der Waals surface area contributed by atoms with E-state index in [1.165, 1.54) is 0 Å². The van der Waals surface area contributed by atoms with E-state index in [0.29, 0.717) is 6.54 Å². The zero-order valence-corrected chi connectivity index (χ0v) is 13.2. The van der Waals surface area contributed by atoms with Crippen LogP contribution in [0.3, 0.4) is 0 Å². The number of hydrogen-bond acceptors (Lipinski definition) is 4. The number of carbonyl (C=O) groups is 1. The molecule has 0 aliphatic carbocycles. The summed E-state index contributed by atoms with van der Waals surface area (Å²) in [4.78, 5) is 14.1. The van der Waals surface area contributed by atoms with Gasteiger partial charge in [0.2, 0.25) is 5.91 Å². The summed E-state index contributed by atoms with van der Waals surface area (Å²) in [6.07, 6.45) is 1.60. The normalized spacial score (nSPS) is 13.5. The quantitative estimate of drug-likeness (QED) is 0.757. The summed E-state index contributed by atoms with van der Waals surface area (Å²) >= 11 is 0. The van der Waals surface area contributed by atoms with Crippen LogP contribution in [0.5, 0.6) is 0 Å². The number of furan rings is 1. The second kappa shape index (κ2) is 7.45. The lowest BCUT2D eigenvalue weighted by atomic mass is 9.92. The minimum Gasteiger partial charge on any atom is -0.467 e. The molecule has 1 aromatic heterocycles. The maximum Gasteiger partial charge on any atom is 0.237 e. The molecule has 5 heteroatoms. The van der Waals surface area contributed by atoms with E-state index < -0.39 is 0 Å². The van der Waals surface area contributed by atoms with Crippen LogP contribution in [0.4, 0.5) is 0 Å². The molecule has 0 saturated carbocycles. The van der Waals surface area contributed by atoms with Gasteiger partial charge in [-0.15, -0.1) is 0 Å². The van der Waals surface area contributed by atoms with Crippen LogP contribution >= 0.6 is 0 Å². The fourth-order valence-corrected chi connectivity index (χ4v) is 2.17. The number of hydrogen-bond donors (Lipinski definition) is 2. The van der Waals surface area contributed by atoms with Gasteiger partial charge in [0.25, 0.3) is 0 Å². The topological polar surface area (TPSA) is 57.5 Å². The van der Waals surface area contributed by atoms with Crippen molar-refractivity contribution in [2.24, 2.45) is 5.41 Å². The minimum atomic E-state index is -0.216. The van der Waals surface area contributed by atoms with Crippen LogP contribution in [0.2, 0.25) is 0 Å². The highest BCUT2D eigenvalue weighted by atomic mass is 16.3. The van der Waals surface area contributed by atoms with E-state index in [2.05, 4.69) is 43.5 Å². The van der Waals surface area contributed by atoms with Crippen molar-refractivity contribution in [3.05, 3.63) is 24.2 Å². The van der Waals surface area contributed by atoms with E-state index in [9.17, 15) is 4.79 Å². The number of carbonyl (C=O) groups excluding carboxylic acids is 1. The molecular formula is C15H27N3O2. The summed E-state index contributed by atoms with van der Waals surface area (Å²) in [5, 5.41) is 6.15. The van der Waals surface area contributed by atoms with Crippen molar-refractivity contribution in [1.29, 1.82) is 0 Å². The van der Waals surface area contributed by atoms with E-state index >= 15 is 0 Å². The van der Waals surface area contributed by atoms with Gasteiger partial charge in [-0.3, -0.25) is 4.79 Å². The fourth-order valence-electron chi connectivity index (χ4n) is 2.17. The van der Waals surface area contributed by atoms with Crippen LogP contribution in [-0.2, 0) is 11.3 Å². The SMILES string of the molecule is CC(NCC(C)(C)CN(C)C)C(=O)NCc1ccco1. The third-order valence-corrected chi connectivity index (χ3v) is 3.04. The Hall–Kier alpha value is -1.33. The summed E-state index contributed by atoms with van der Waals surface area (Å²) in [6, 6.07) is 3.44. The molecule has 1 atom stereocenters. The van der Waals surface area contributed by atoms with Gasteiger partial charge in [0.1, 0.15) is 5.76 Å². The second-order valence-electron chi connectivity index (χ2n) is 6.30. The molecule has 0 aliphatic heterocycles. The monoisotopic (exact) mass is 281 g/mol. The van der Waals surface area contributed by atoms with E-state index in [-0.39, 0.29) is 17.4 Å². The van der Waals surface area contributed by atoms with E-state index in [4.69, 9.17) is 4.42 Å². The van der Waals surface area contributed by atoms with Gasteiger partial charge in [0.15, 0.2) is 0 Å². The Morgan fingerprint density at radius 3 is 2.70 bits per heavy atom. The lowest BCUT2D eigenvalue weighted by Crippen LogP contribution is -2.47. The van der Waals surface area contributed by atoms with Gasteiger partial charge >= 0.3 is 0 Å². The number of rotatable bonds is 8. The first-order chi connectivity index (χ1) is 9.30. The van der Waals surface area contributed by atoms with Crippen LogP contribution in [0, 0.1) is 5.41 Å². The van der Waals surface area contributed by atoms with Crippen LogP contribution in [0.25, 0.3) is 0 Å². The maximum absolute atomic E-state index is 12.0. The molecule has 0 fully saturated rings. The van der Waals surface area contributed by atoms with Gasteiger partial charge in [-0.1, -0.05) is 13.8 Å². The molecule has 1 aromatic rings. The van der Waals surface area contributed by atoms with Crippen LogP contribution < -0.4 is 10.6 Å². The second-order valence-corrected chi connectivity index (χ2v) is 6.30. The highest BCUT2D eigenvalue weighted by Gasteiger charge is 2.21. The average molecular weight is 281 g/mol. The Labute approximate surface area is 121 Å². The van der Waals surface area contributed by atoms with E-state index in [1.54, 1.807) is 6.26 Å². The molecule has 1 heterocycles. The predicted molar refractivity (Wildman–Crippen MR) is 80.4 cm³/mol. The summed E-state index contributed by atoms with van der Waals surface area (Å²) in [6.45, 7) is 8.45. The third kappa shape index (κ3) is 6.21. The van der Waals surface area contributed by atoms with Crippen molar-refractivity contribution >= 4 is 5.91 Å². The predicted octanol–water partition coefficient (Wildman–Crippen LogP) is 1.46. The molecule has 0 spiro atoms. The number of amides is 1. The average Bonchev–Trinajstić information content (AvgIpc) is 2.84. The molecule has 0 bridgehead atoms. The molecule has 1 rings (SSSR count). The van der Waals surface area contributed by atoms with Gasteiger partial charge < -0.3 is 20.0 Å². The van der Waals surface area contributed by atoms with Crippen molar-refractivity contribution in [3.8, 4) is 0 Å². The van der Waals surface area contributed by atoms with Gasteiger partial charge in [-0.2, -0.15) is 0 Å². The van der Waals surface area contributed by atoms with Crippen molar-refractivity contribution in [2.75, 3.05) is 27.2 Å². The summed E-state index contributed by atoms with van der Waals surface area (Å²) in [5.74, 6) is 0.751. The Balaban J connectivity index is 2.30. The first-order valence-electron chi connectivity index (χ1n) is 6.98. The van der Waals surface area contributed by atoms with Gasteiger partial charge in [-0.25, -0.2) is 0 Å². The van der Waals surface area contributed by atoms with Crippen molar-refractivity contribution in [2.45, 2.75) is 33.4 Å². The molecule has 0 aromatic carbocycles. The lowest BCUT2D eigenvalue weighted by Gasteiger charge is -2.29. The molecule has 0 saturated heterocycles. The Morgan fingerprint density at radius 1 is 1.45 bits per heavy atom. The third-order valence-electron chi connectivity index (χ3n) is 3.04. The van der Waals surface area contributed by atoms with Crippen molar-refractivity contribution < 1.29 is 9.21 Å². The Bertz CT molecular complexity index is 399. The Morgan fingerprint density at radius 2 is 2.15 bits per heavy atom. The molecule has 1 amide bonds. The summed E-state index contributed by atoms with van der Waals surface area (Å²) < 4.78 is 5.18. The van der Waals surface area contributed by atoms with Gasteiger partial charge in [-0.05, 0) is 38.6 Å². The van der Waals surface area contributed by atoms with Crippen LogP contribution in [-0.4, -0.2) is 44.0 Å². The van der Waals surface area contributed by atoms with Crippen molar-refractivity contribution in [3.63, 3.8) is 0 Å². The van der Waals surface area contributed by atoms with Crippen LogP contribution in [0.15, 0.2) is 22.8 Å². The summed E-state index contributed by atoms with van der Waals surface area (Å²) in [5.41, 5.74) is 0.124. The molecular weight excluding hydrogens is 254 g/mol. The molecule has 114 valence electrons. The highest BCUT2D eigenvalue weighted by molar-refractivity contribution is 5.81. The standard InChI is InChI=1S/C15H27N3O2/c1-12(17-10-15(2,3)11-18(4)5)14(19)16-9-13-7-6-8-20-13/h6-8,12,17H,9-11H2,1-5H3,(H,16,19). The molecule has 0 radical (unpaired) electrons. The first kappa shape index (κ1) is 16.7. The molecule has 5 nitrogen and oxygen atoms in total. The number of nitrogens with zero attached hydrogens (tertiary/aromatic N) is 1. The Kier molecular flexibility index (Phi) is 6.23. The highest BCUT2D eigenvalue weighted by Crippen LogP contribution is 2.14. The fraction of sp³-hybridized carbons (Fsp3) is 0.667. The molecule has 20 heavy (non-hydrogen) atoms. The largest absolute Gasteiger partial charge is 0.467 e.